The van der Waals surface area contributed by atoms with Gasteiger partial charge in [0.15, 0.2) is 0 Å². The number of hydrogen-bond acceptors (Lipinski definition) is 6. The molecule has 0 aromatic heterocycles. The Bertz CT molecular complexity index is 468. The summed E-state index contributed by atoms with van der Waals surface area (Å²) in [5.41, 5.74) is -0.792. The first-order valence-corrected chi connectivity index (χ1v) is 5.98. The number of rotatable bonds is 6. The van der Waals surface area contributed by atoms with Crippen molar-refractivity contribution in [3.05, 3.63) is 34.4 Å². The van der Waals surface area contributed by atoms with Gasteiger partial charge in [-0.1, -0.05) is 0 Å². The Labute approximate surface area is 116 Å². The summed E-state index contributed by atoms with van der Waals surface area (Å²) in [7, 11) is 1.56. The van der Waals surface area contributed by atoms with E-state index in [1.807, 2.05) is 0 Å². The van der Waals surface area contributed by atoms with Crippen molar-refractivity contribution in [2.45, 2.75) is 25.9 Å². The van der Waals surface area contributed by atoms with Gasteiger partial charge >= 0.3 is 6.16 Å². The van der Waals surface area contributed by atoms with Crippen LogP contribution in [0, 0.1) is 10.1 Å². The summed E-state index contributed by atoms with van der Waals surface area (Å²) < 4.78 is 15.0. The van der Waals surface area contributed by atoms with E-state index in [4.69, 9.17) is 14.2 Å². The molecule has 0 aliphatic heterocycles. The largest absolute Gasteiger partial charge is 0.514 e. The lowest BCUT2D eigenvalue weighted by Crippen LogP contribution is -2.31. The summed E-state index contributed by atoms with van der Waals surface area (Å²) in [6, 6.07) is 5.17. The molecule has 0 bridgehead atoms. The Kier molecular flexibility index (Phi) is 5.45. The summed E-state index contributed by atoms with van der Waals surface area (Å²) in [6.07, 6.45) is -0.335. The highest BCUT2D eigenvalue weighted by molar-refractivity contribution is 5.64. The van der Waals surface area contributed by atoms with Gasteiger partial charge in [-0.15, -0.1) is 0 Å². The van der Waals surface area contributed by atoms with Gasteiger partial charge in [0.1, 0.15) is 11.4 Å². The van der Waals surface area contributed by atoms with Crippen molar-refractivity contribution in [2.75, 3.05) is 13.7 Å². The molecule has 0 aliphatic carbocycles. The molecular formula is C13H17NO6. The van der Waals surface area contributed by atoms with E-state index in [1.54, 1.807) is 21.0 Å². The van der Waals surface area contributed by atoms with Gasteiger partial charge in [-0.05, 0) is 26.0 Å². The number of benzene rings is 1. The second-order valence-electron chi connectivity index (χ2n) is 4.71. The van der Waals surface area contributed by atoms with Gasteiger partial charge in [-0.3, -0.25) is 10.1 Å². The molecule has 0 fully saturated rings. The molecule has 110 valence electrons. The van der Waals surface area contributed by atoms with Crippen molar-refractivity contribution in [2.24, 2.45) is 0 Å². The predicted octanol–water partition coefficient (Wildman–Crippen LogP) is 2.93. The average molecular weight is 283 g/mol. The van der Waals surface area contributed by atoms with Crippen molar-refractivity contribution in [3.8, 4) is 5.75 Å². The summed E-state index contributed by atoms with van der Waals surface area (Å²) in [4.78, 5) is 21.5. The SMILES string of the molecule is COCCC(C)(C)OC(=O)Oc1ccc([N+](=O)[O-])cc1. The average Bonchev–Trinajstić information content (AvgIpc) is 2.36. The molecule has 0 N–H and O–H groups in total. The van der Waals surface area contributed by atoms with Crippen LogP contribution in [-0.4, -0.2) is 30.4 Å². The lowest BCUT2D eigenvalue weighted by Gasteiger charge is -2.23. The molecule has 1 aromatic carbocycles. The second kappa shape index (κ2) is 6.85. The van der Waals surface area contributed by atoms with Gasteiger partial charge in [-0.2, -0.15) is 0 Å². The Morgan fingerprint density at radius 2 is 1.90 bits per heavy atom. The Hall–Kier alpha value is -2.15. The van der Waals surface area contributed by atoms with E-state index < -0.39 is 16.7 Å². The van der Waals surface area contributed by atoms with Crippen LogP contribution in [0.1, 0.15) is 20.3 Å². The number of carbonyl (C=O) groups is 1. The van der Waals surface area contributed by atoms with Crippen LogP contribution in [0.15, 0.2) is 24.3 Å². The zero-order chi connectivity index (χ0) is 15.2. The van der Waals surface area contributed by atoms with Crippen molar-refractivity contribution in [1.29, 1.82) is 0 Å². The summed E-state index contributed by atoms with van der Waals surface area (Å²) >= 11 is 0. The third-order valence-electron chi connectivity index (χ3n) is 2.52. The van der Waals surface area contributed by atoms with E-state index in [0.717, 1.165) is 0 Å². The Morgan fingerprint density at radius 1 is 1.30 bits per heavy atom. The van der Waals surface area contributed by atoms with E-state index >= 15 is 0 Å². The molecule has 0 radical (unpaired) electrons. The molecule has 0 amide bonds. The third kappa shape index (κ3) is 5.23. The number of carbonyl (C=O) groups excluding carboxylic acids is 1. The number of methoxy groups -OCH3 is 1. The van der Waals surface area contributed by atoms with Crippen LogP contribution in [0.3, 0.4) is 0 Å². The molecule has 0 saturated carbocycles. The number of nitro benzene ring substituents is 1. The Morgan fingerprint density at radius 3 is 2.40 bits per heavy atom. The molecule has 7 nitrogen and oxygen atoms in total. The number of nitro groups is 1. The monoisotopic (exact) mass is 283 g/mol. The molecule has 20 heavy (non-hydrogen) atoms. The van der Waals surface area contributed by atoms with Crippen LogP contribution < -0.4 is 4.74 Å². The third-order valence-corrected chi connectivity index (χ3v) is 2.52. The normalized spacial score (nSPS) is 10.9. The minimum atomic E-state index is -0.861. The van der Waals surface area contributed by atoms with Crippen LogP contribution in [0.2, 0.25) is 0 Å². The van der Waals surface area contributed by atoms with Gasteiger partial charge < -0.3 is 14.2 Å². The summed E-state index contributed by atoms with van der Waals surface area (Å²) in [6.45, 7) is 3.93. The van der Waals surface area contributed by atoms with Crippen LogP contribution in [0.4, 0.5) is 10.5 Å². The lowest BCUT2D eigenvalue weighted by atomic mass is 10.1. The van der Waals surface area contributed by atoms with Crippen LogP contribution in [-0.2, 0) is 9.47 Å². The van der Waals surface area contributed by atoms with E-state index in [-0.39, 0.29) is 11.4 Å². The molecular weight excluding hydrogens is 266 g/mol. The van der Waals surface area contributed by atoms with Crippen molar-refractivity contribution >= 4 is 11.8 Å². The highest BCUT2D eigenvalue weighted by atomic mass is 16.7. The molecule has 0 spiro atoms. The minimum Gasteiger partial charge on any atom is -0.428 e. The van der Waals surface area contributed by atoms with Crippen molar-refractivity contribution in [1.82, 2.24) is 0 Å². The van der Waals surface area contributed by atoms with Gasteiger partial charge in [0.2, 0.25) is 0 Å². The molecule has 0 heterocycles. The van der Waals surface area contributed by atoms with Crippen molar-refractivity contribution in [3.63, 3.8) is 0 Å². The molecule has 0 unspecified atom stereocenters. The highest BCUT2D eigenvalue weighted by Crippen LogP contribution is 2.20. The number of hydrogen-bond donors (Lipinski definition) is 0. The first kappa shape index (κ1) is 15.9. The quantitative estimate of drug-likeness (QED) is 0.345. The van der Waals surface area contributed by atoms with E-state index in [9.17, 15) is 14.9 Å². The fourth-order valence-electron chi connectivity index (χ4n) is 1.38. The van der Waals surface area contributed by atoms with E-state index in [2.05, 4.69) is 0 Å². The van der Waals surface area contributed by atoms with E-state index in [0.29, 0.717) is 13.0 Å². The zero-order valence-corrected chi connectivity index (χ0v) is 11.6. The maximum atomic E-state index is 11.6. The maximum Gasteiger partial charge on any atom is 0.514 e. The maximum absolute atomic E-state index is 11.6. The fourth-order valence-corrected chi connectivity index (χ4v) is 1.38. The Balaban J connectivity index is 2.55. The molecule has 0 aliphatic rings. The molecule has 0 atom stereocenters. The standard InChI is InChI=1S/C13H17NO6/c1-13(2,8-9-18-3)20-12(15)19-11-6-4-10(5-7-11)14(16)17/h4-7H,8-9H2,1-3H3. The fraction of sp³-hybridized carbons (Fsp3) is 0.462. The number of ether oxygens (including phenoxy) is 3. The first-order chi connectivity index (χ1) is 9.34. The minimum absolute atomic E-state index is 0.0776. The zero-order valence-electron chi connectivity index (χ0n) is 11.6. The highest BCUT2D eigenvalue weighted by Gasteiger charge is 2.24. The van der Waals surface area contributed by atoms with Crippen LogP contribution >= 0.6 is 0 Å². The first-order valence-electron chi connectivity index (χ1n) is 5.98. The molecule has 1 rings (SSSR count). The van der Waals surface area contributed by atoms with Gasteiger partial charge in [0.25, 0.3) is 5.69 Å². The number of nitrogens with zero attached hydrogens (tertiary/aromatic N) is 1. The van der Waals surface area contributed by atoms with Gasteiger partial charge in [0, 0.05) is 32.3 Å². The molecule has 1 aromatic rings. The predicted molar refractivity (Wildman–Crippen MR) is 70.8 cm³/mol. The second-order valence-corrected chi connectivity index (χ2v) is 4.71. The van der Waals surface area contributed by atoms with E-state index in [1.165, 1.54) is 24.3 Å². The molecule has 7 heteroatoms. The summed E-state index contributed by atoms with van der Waals surface area (Å²) in [5.74, 6) is 0.183. The summed E-state index contributed by atoms with van der Waals surface area (Å²) in [5, 5.41) is 10.5. The van der Waals surface area contributed by atoms with Gasteiger partial charge in [0.05, 0.1) is 4.92 Å². The van der Waals surface area contributed by atoms with Crippen LogP contribution in [0.25, 0.3) is 0 Å². The number of non-ortho nitro benzene ring substituents is 1. The molecule has 0 saturated heterocycles. The van der Waals surface area contributed by atoms with Crippen molar-refractivity contribution < 1.29 is 23.9 Å². The topological polar surface area (TPSA) is 87.9 Å². The lowest BCUT2D eigenvalue weighted by molar-refractivity contribution is -0.384. The van der Waals surface area contributed by atoms with Crippen LogP contribution in [0.5, 0.6) is 5.75 Å². The van der Waals surface area contributed by atoms with Gasteiger partial charge in [-0.25, -0.2) is 4.79 Å². The smallest absolute Gasteiger partial charge is 0.428 e.